The Balaban J connectivity index is 2.86. The zero-order chi connectivity index (χ0) is 11.7. The summed E-state index contributed by atoms with van der Waals surface area (Å²) in [6.45, 7) is 2.02. The van der Waals surface area contributed by atoms with Crippen LogP contribution in [0.1, 0.15) is 5.56 Å². The Kier molecular flexibility index (Phi) is 2.88. The minimum absolute atomic E-state index is 0.635. The molecule has 1 aromatic heterocycles. The molecule has 0 aliphatic carbocycles. The maximum Gasteiger partial charge on any atom is 0.128 e. The average molecular weight is 237 g/mol. The zero-order valence-electron chi connectivity index (χ0n) is 9.47. The van der Waals surface area contributed by atoms with E-state index in [4.69, 9.17) is 16.3 Å². The predicted octanol–water partition coefficient (Wildman–Crippen LogP) is 3.25. The van der Waals surface area contributed by atoms with E-state index in [0.717, 1.165) is 28.0 Å². The first-order chi connectivity index (χ1) is 7.67. The molecule has 84 valence electrons. The summed E-state index contributed by atoms with van der Waals surface area (Å²) in [4.78, 5) is 4.44. The summed E-state index contributed by atoms with van der Waals surface area (Å²) in [5, 5.41) is 4.62. The Hall–Kier alpha value is -1.48. The molecule has 4 heteroatoms. The van der Waals surface area contributed by atoms with Crippen LogP contribution in [-0.2, 0) is 0 Å². The van der Waals surface area contributed by atoms with Crippen molar-refractivity contribution in [2.24, 2.45) is 0 Å². The van der Waals surface area contributed by atoms with Crippen molar-refractivity contribution in [2.45, 2.75) is 6.92 Å². The summed E-state index contributed by atoms with van der Waals surface area (Å²) in [5.74, 6) is 1.60. The van der Waals surface area contributed by atoms with Crippen LogP contribution in [0.15, 0.2) is 18.2 Å². The molecule has 0 atom stereocenters. The van der Waals surface area contributed by atoms with E-state index in [1.807, 2.05) is 26.1 Å². The fraction of sp³-hybridized carbons (Fsp3) is 0.250. The second kappa shape index (κ2) is 4.18. The van der Waals surface area contributed by atoms with Gasteiger partial charge in [0.1, 0.15) is 11.6 Å². The Morgan fingerprint density at radius 3 is 2.75 bits per heavy atom. The van der Waals surface area contributed by atoms with Crippen LogP contribution in [0.4, 0.5) is 5.82 Å². The quantitative estimate of drug-likeness (QED) is 0.869. The summed E-state index contributed by atoms with van der Waals surface area (Å²) in [5.41, 5.74) is 1.86. The van der Waals surface area contributed by atoms with Crippen molar-refractivity contribution in [3.05, 3.63) is 28.8 Å². The van der Waals surface area contributed by atoms with Crippen molar-refractivity contribution >= 4 is 28.3 Å². The van der Waals surface area contributed by atoms with Crippen molar-refractivity contribution in [3.8, 4) is 5.75 Å². The molecule has 0 bridgehead atoms. The average Bonchev–Trinajstić information content (AvgIpc) is 2.30. The molecule has 1 N–H and O–H groups in total. The van der Waals surface area contributed by atoms with E-state index in [-0.39, 0.29) is 0 Å². The van der Waals surface area contributed by atoms with E-state index in [1.54, 1.807) is 13.2 Å². The van der Waals surface area contributed by atoms with Gasteiger partial charge in [-0.15, -0.1) is 0 Å². The standard InChI is InChI=1S/C12H13ClN2O/c1-7-6-10(14-2)15-12-8(13)4-5-9(16-3)11(7)12/h4-6H,1-3H3,(H,14,15). The Bertz CT molecular complexity index is 540. The molecule has 0 fully saturated rings. The third kappa shape index (κ3) is 1.67. The molecule has 0 aliphatic heterocycles. The monoisotopic (exact) mass is 236 g/mol. The number of anilines is 1. The molecule has 1 heterocycles. The number of rotatable bonds is 2. The maximum absolute atomic E-state index is 6.14. The van der Waals surface area contributed by atoms with Gasteiger partial charge in [-0.25, -0.2) is 4.98 Å². The minimum atomic E-state index is 0.635. The van der Waals surface area contributed by atoms with Crippen LogP contribution in [0.5, 0.6) is 5.75 Å². The normalized spacial score (nSPS) is 10.5. The molecule has 0 radical (unpaired) electrons. The Morgan fingerprint density at radius 1 is 1.38 bits per heavy atom. The highest BCUT2D eigenvalue weighted by Crippen LogP contribution is 2.33. The highest BCUT2D eigenvalue weighted by Gasteiger charge is 2.10. The Morgan fingerprint density at radius 2 is 2.12 bits per heavy atom. The molecule has 0 aliphatic rings. The molecule has 0 saturated heterocycles. The van der Waals surface area contributed by atoms with Gasteiger partial charge in [0.25, 0.3) is 0 Å². The first kappa shape index (κ1) is 11.0. The van der Waals surface area contributed by atoms with Crippen LogP contribution >= 0.6 is 11.6 Å². The number of nitrogens with one attached hydrogen (secondary N) is 1. The number of aromatic nitrogens is 1. The smallest absolute Gasteiger partial charge is 0.128 e. The van der Waals surface area contributed by atoms with Crippen LogP contribution in [0, 0.1) is 6.92 Å². The van der Waals surface area contributed by atoms with Gasteiger partial charge >= 0.3 is 0 Å². The molecule has 16 heavy (non-hydrogen) atoms. The maximum atomic E-state index is 6.14. The van der Waals surface area contributed by atoms with E-state index in [1.165, 1.54) is 0 Å². The molecule has 0 unspecified atom stereocenters. The van der Waals surface area contributed by atoms with Gasteiger partial charge in [0, 0.05) is 12.4 Å². The molecular formula is C12H13ClN2O. The summed E-state index contributed by atoms with van der Waals surface area (Å²) < 4.78 is 5.32. The molecule has 0 spiro atoms. The number of benzene rings is 1. The highest BCUT2D eigenvalue weighted by atomic mass is 35.5. The van der Waals surface area contributed by atoms with Gasteiger partial charge in [0.15, 0.2) is 0 Å². The minimum Gasteiger partial charge on any atom is -0.496 e. The number of hydrogen-bond donors (Lipinski definition) is 1. The van der Waals surface area contributed by atoms with Crippen molar-refractivity contribution in [3.63, 3.8) is 0 Å². The lowest BCUT2D eigenvalue weighted by Crippen LogP contribution is -1.96. The van der Waals surface area contributed by atoms with Crippen molar-refractivity contribution in [1.29, 1.82) is 0 Å². The second-order valence-corrected chi connectivity index (χ2v) is 3.95. The van der Waals surface area contributed by atoms with Crippen LogP contribution in [0.3, 0.4) is 0 Å². The van der Waals surface area contributed by atoms with Crippen molar-refractivity contribution in [2.75, 3.05) is 19.5 Å². The number of hydrogen-bond acceptors (Lipinski definition) is 3. The van der Waals surface area contributed by atoms with E-state index in [2.05, 4.69) is 10.3 Å². The van der Waals surface area contributed by atoms with Gasteiger partial charge in [-0.1, -0.05) is 11.6 Å². The number of methoxy groups -OCH3 is 1. The number of ether oxygens (including phenoxy) is 1. The predicted molar refractivity (Wildman–Crippen MR) is 67.6 cm³/mol. The topological polar surface area (TPSA) is 34.1 Å². The summed E-state index contributed by atoms with van der Waals surface area (Å²) in [6.07, 6.45) is 0. The summed E-state index contributed by atoms with van der Waals surface area (Å²) >= 11 is 6.14. The third-order valence-electron chi connectivity index (χ3n) is 2.55. The van der Waals surface area contributed by atoms with E-state index in [0.29, 0.717) is 5.02 Å². The largest absolute Gasteiger partial charge is 0.496 e. The number of halogens is 1. The zero-order valence-corrected chi connectivity index (χ0v) is 10.2. The van der Waals surface area contributed by atoms with Gasteiger partial charge in [-0.3, -0.25) is 0 Å². The van der Waals surface area contributed by atoms with Crippen LogP contribution < -0.4 is 10.1 Å². The lowest BCUT2D eigenvalue weighted by Gasteiger charge is -2.10. The Labute approximate surface area is 99.4 Å². The molecule has 1 aromatic carbocycles. The number of fused-ring (bicyclic) bond motifs is 1. The van der Waals surface area contributed by atoms with Crippen LogP contribution in [-0.4, -0.2) is 19.1 Å². The van der Waals surface area contributed by atoms with Crippen molar-refractivity contribution in [1.82, 2.24) is 4.98 Å². The first-order valence-corrected chi connectivity index (χ1v) is 5.36. The summed E-state index contributed by atoms with van der Waals surface area (Å²) in [7, 11) is 3.48. The van der Waals surface area contributed by atoms with Gasteiger partial charge in [0.2, 0.25) is 0 Å². The van der Waals surface area contributed by atoms with Gasteiger partial charge in [-0.05, 0) is 30.7 Å². The fourth-order valence-electron chi connectivity index (χ4n) is 1.77. The van der Waals surface area contributed by atoms with E-state index < -0.39 is 0 Å². The second-order valence-electron chi connectivity index (χ2n) is 3.55. The molecule has 3 nitrogen and oxygen atoms in total. The molecular weight excluding hydrogens is 224 g/mol. The number of nitrogens with zero attached hydrogens (tertiary/aromatic N) is 1. The lowest BCUT2D eigenvalue weighted by atomic mass is 10.1. The van der Waals surface area contributed by atoms with E-state index >= 15 is 0 Å². The van der Waals surface area contributed by atoms with Crippen molar-refractivity contribution < 1.29 is 4.74 Å². The number of aryl methyl sites for hydroxylation is 1. The number of pyridine rings is 1. The first-order valence-electron chi connectivity index (χ1n) is 4.99. The van der Waals surface area contributed by atoms with Gasteiger partial charge in [-0.2, -0.15) is 0 Å². The van der Waals surface area contributed by atoms with Gasteiger partial charge < -0.3 is 10.1 Å². The van der Waals surface area contributed by atoms with Crippen LogP contribution in [0.25, 0.3) is 10.9 Å². The SMILES string of the molecule is CNc1cc(C)c2c(OC)ccc(Cl)c2n1. The molecule has 0 amide bonds. The highest BCUT2D eigenvalue weighted by molar-refractivity contribution is 6.35. The van der Waals surface area contributed by atoms with Gasteiger partial charge in [0.05, 0.1) is 17.6 Å². The summed E-state index contributed by atoms with van der Waals surface area (Å²) in [6, 6.07) is 5.63. The third-order valence-corrected chi connectivity index (χ3v) is 2.85. The molecule has 0 saturated carbocycles. The lowest BCUT2D eigenvalue weighted by molar-refractivity contribution is 0.419. The molecule has 2 rings (SSSR count). The fourth-order valence-corrected chi connectivity index (χ4v) is 1.97. The van der Waals surface area contributed by atoms with E-state index in [9.17, 15) is 0 Å². The molecule has 2 aromatic rings. The van der Waals surface area contributed by atoms with Crippen LogP contribution in [0.2, 0.25) is 5.02 Å².